The average Bonchev–Trinajstić information content (AvgIpc) is 2.96. The molecular formula is C16H16N2O5S. The zero-order chi connectivity index (χ0) is 17.3. The summed E-state index contributed by atoms with van der Waals surface area (Å²) in [7, 11) is -2.58. The molecule has 126 valence electrons. The van der Waals surface area contributed by atoms with E-state index in [9.17, 15) is 18.5 Å². The molecule has 1 aliphatic carbocycles. The lowest BCUT2D eigenvalue weighted by molar-refractivity contribution is -0.386. The number of nitrogens with one attached hydrogen (secondary N) is 1. The number of methoxy groups -OCH3 is 1. The highest BCUT2D eigenvalue weighted by Crippen LogP contribution is 2.33. The molecule has 2 aromatic rings. The van der Waals surface area contributed by atoms with Crippen LogP contribution in [0.4, 0.5) is 5.69 Å². The van der Waals surface area contributed by atoms with Crippen LogP contribution in [0.25, 0.3) is 0 Å². The van der Waals surface area contributed by atoms with Crippen LogP contribution >= 0.6 is 0 Å². The van der Waals surface area contributed by atoms with Crippen LogP contribution in [-0.2, 0) is 16.4 Å². The maximum absolute atomic E-state index is 12.6. The molecule has 0 aromatic heterocycles. The fourth-order valence-corrected chi connectivity index (χ4v) is 4.18. The predicted molar refractivity (Wildman–Crippen MR) is 87.5 cm³/mol. The van der Waals surface area contributed by atoms with Crippen molar-refractivity contribution in [2.24, 2.45) is 0 Å². The van der Waals surface area contributed by atoms with Crippen molar-refractivity contribution in [3.8, 4) is 5.75 Å². The molecule has 7 nitrogen and oxygen atoms in total. The largest absolute Gasteiger partial charge is 0.490 e. The van der Waals surface area contributed by atoms with Crippen LogP contribution in [0.2, 0.25) is 0 Å². The second-order valence-electron chi connectivity index (χ2n) is 5.50. The van der Waals surface area contributed by atoms with Crippen molar-refractivity contribution >= 4 is 15.7 Å². The van der Waals surface area contributed by atoms with Gasteiger partial charge in [-0.3, -0.25) is 10.1 Å². The average molecular weight is 348 g/mol. The van der Waals surface area contributed by atoms with E-state index in [-0.39, 0.29) is 22.4 Å². The zero-order valence-corrected chi connectivity index (χ0v) is 13.7. The topological polar surface area (TPSA) is 98.5 Å². The van der Waals surface area contributed by atoms with Crippen LogP contribution in [0.3, 0.4) is 0 Å². The summed E-state index contributed by atoms with van der Waals surface area (Å²) in [5, 5.41) is 11.1. The summed E-state index contributed by atoms with van der Waals surface area (Å²) in [6, 6.07) is 10.9. The van der Waals surface area contributed by atoms with Gasteiger partial charge < -0.3 is 4.74 Å². The number of aryl methyl sites for hydroxylation is 1. The third kappa shape index (κ3) is 2.98. The number of hydrogen-bond donors (Lipinski definition) is 1. The maximum atomic E-state index is 12.6. The van der Waals surface area contributed by atoms with E-state index in [2.05, 4.69) is 4.72 Å². The summed E-state index contributed by atoms with van der Waals surface area (Å²) in [6.07, 6.45) is 1.46. The first-order chi connectivity index (χ1) is 11.4. The highest BCUT2D eigenvalue weighted by atomic mass is 32.2. The van der Waals surface area contributed by atoms with Crippen molar-refractivity contribution < 1.29 is 18.1 Å². The number of rotatable bonds is 5. The molecule has 1 N–H and O–H groups in total. The number of nitrogens with zero attached hydrogens (tertiary/aromatic N) is 1. The minimum atomic E-state index is -3.88. The van der Waals surface area contributed by atoms with Crippen LogP contribution in [0.1, 0.15) is 23.6 Å². The van der Waals surface area contributed by atoms with Gasteiger partial charge in [0.05, 0.1) is 16.9 Å². The van der Waals surface area contributed by atoms with Crippen LogP contribution in [0.5, 0.6) is 5.75 Å². The van der Waals surface area contributed by atoms with Crippen molar-refractivity contribution in [3.63, 3.8) is 0 Å². The van der Waals surface area contributed by atoms with Crippen LogP contribution in [0.15, 0.2) is 47.4 Å². The van der Waals surface area contributed by atoms with Gasteiger partial charge in [0, 0.05) is 12.1 Å². The predicted octanol–water partition coefficient (Wildman–Crippen LogP) is 2.57. The number of fused-ring (bicyclic) bond motifs is 1. The summed E-state index contributed by atoms with van der Waals surface area (Å²) in [4.78, 5) is 10.3. The molecule has 24 heavy (non-hydrogen) atoms. The Labute approximate surface area is 139 Å². The monoisotopic (exact) mass is 348 g/mol. The minimum absolute atomic E-state index is 0.0187. The molecule has 1 atom stereocenters. The van der Waals surface area contributed by atoms with Crippen molar-refractivity contribution in [1.29, 1.82) is 0 Å². The zero-order valence-electron chi connectivity index (χ0n) is 12.9. The van der Waals surface area contributed by atoms with Gasteiger partial charge in [-0.1, -0.05) is 24.3 Å². The van der Waals surface area contributed by atoms with Gasteiger partial charge >= 0.3 is 5.69 Å². The number of ether oxygens (including phenoxy) is 1. The highest BCUT2D eigenvalue weighted by molar-refractivity contribution is 7.89. The van der Waals surface area contributed by atoms with E-state index in [1.54, 1.807) is 0 Å². The molecule has 0 bridgehead atoms. The molecule has 2 aromatic carbocycles. The Balaban J connectivity index is 1.92. The fraction of sp³-hybridized carbons (Fsp3) is 0.250. The van der Waals surface area contributed by atoms with Crippen molar-refractivity contribution in [3.05, 3.63) is 63.7 Å². The summed E-state index contributed by atoms with van der Waals surface area (Å²) < 4.78 is 32.7. The van der Waals surface area contributed by atoms with E-state index in [0.29, 0.717) is 6.42 Å². The second-order valence-corrected chi connectivity index (χ2v) is 7.22. The number of hydrogen-bond acceptors (Lipinski definition) is 5. The third-order valence-electron chi connectivity index (χ3n) is 4.09. The first kappa shape index (κ1) is 16.4. The molecule has 0 aliphatic heterocycles. The van der Waals surface area contributed by atoms with E-state index in [4.69, 9.17) is 4.74 Å². The molecule has 3 rings (SSSR count). The van der Waals surface area contributed by atoms with Crippen molar-refractivity contribution in [2.45, 2.75) is 23.8 Å². The molecule has 0 saturated heterocycles. The van der Waals surface area contributed by atoms with Gasteiger partial charge in [-0.15, -0.1) is 0 Å². The lowest BCUT2D eigenvalue weighted by Crippen LogP contribution is -2.27. The first-order valence-electron chi connectivity index (χ1n) is 7.35. The van der Waals surface area contributed by atoms with Gasteiger partial charge in [-0.25, -0.2) is 13.1 Å². The van der Waals surface area contributed by atoms with Crippen LogP contribution in [0, 0.1) is 10.1 Å². The molecule has 0 fully saturated rings. The fourth-order valence-electron chi connectivity index (χ4n) is 2.91. The first-order valence-corrected chi connectivity index (χ1v) is 8.83. The number of benzene rings is 2. The highest BCUT2D eigenvalue weighted by Gasteiger charge is 2.28. The molecule has 0 heterocycles. The molecule has 1 aliphatic rings. The van der Waals surface area contributed by atoms with Gasteiger partial charge in [0.25, 0.3) is 0 Å². The molecule has 0 radical (unpaired) electrons. The molecule has 0 saturated carbocycles. The smallest absolute Gasteiger partial charge is 0.312 e. The SMILES string of the molecule is COc1ccc(S(=O)(=O)N[C@@H]2CCc3ccccc32)cc1[N+](=O)[O-]. The maximum Gasteiger partial charge on any atom is 0.312 e. The molecule has 0 amide bonds. The second kappa shape index (κ2) is 6.21. The van der Waals surface area contributed by atoms with Gasteiger partial charge in [-0.2, -0.15) is 0 Å². The normalized spacial score (nSPS) is 16.6. The quantitative estimate of drug-likeness (QED) is 0.661. The molecular weight excluding hydrogens is 332 g/mol. The van der Waals surface area contributed by atoms with Gasteiger partial charge in [0.15, 0.2) is 5.75 Å². The Morgan fingerprint density at radius 1 is 1.25 bits per heavy atom. The molecule has 0 unspecified atom stereocenters. The van der Waals surface area contributed by atoms with E-state index in [1.807, 2.05) is 24.3 Å². The Hall–Kier alpha value is -2.45. The Morgan fingerprint density at radius 3 is 2.71 bits per heavy atom. The Morgan fingerprint density at radius 2 is 2.00 bits per heavy atom. The Bertz CT molecular complexity index is 895. The third-order valence-corrected chi connectivity index (χ3v) is 5.56. The lowest BCUT2D eigenvalue weighted by Gasteiger charge is -2.14. The molecule has 8 heteroatoms. The van der Waals surface area contributed by atoms with Crippen LogP contribution < -0.4 is 9.46 Å². The van der Waals surface area contributed by atoms with Gasteiger partial charge in [-0.05, 0) is 36.1 Å². The number of nitro benzene ring substituents is 1. The number of sulfonamides is 1. The van der Waals surface area contributed by atoms with Crippen molar-refractivity contribution in [1.82, 2.24) is 4.72 Å². The van der Waals surface area contributed by atoms with E-state index >= 15 is 0 Å². The van der Waals surface area contributed by atoms with Crippen LogP contribution in [-0.4, -0.2) is 20.5 Å². The van der Waals surface area contributed by atoms with E-state index < -0.39 is 14.9 Å². The number of nitro groups is 1. The molecule has 0 spiro atoms. The standard InChI is InChI=1S/C16H16N2O5S/c1-23-16-9-7-12(10-15(16)18(19)20)24(21,22)17-14-8-6-11-4-2-3-5-13(11)14/h2-5,7,9-10,14,17H,6,8H2,1H3/t14-/m1/s1. The Kier molecular flexibility index (Phi) is 4.25. The van der Waals surface area contributed by atoms with Crippen molar-refractivity contribution in [2.75, 3.05) is 7.11 Å². The summed E-state index contributed by atoms with van der Waals surface area (Å²) in [6.45, 7) is 0. The lowest BCUT2D eigenvalue weighted by atomic mass is 10.1. The summed E-state index contributed by atoms with van der Waals surface area (Å²) in [5.41, 5.74) is 1.68. The summed E-state index contributed by atoms with van der Waals surface area (Å²) in [5.74, 6) is 0.0187. The van der Waals surface area contributed by atoms with E-state index in [1.165, 1.54) is 19.2 Å². The van der Waals surface area contributed by atoms with Gasteiger partial charge in [0.2, 0.25) is 10.0 Å². The minimum Gasteiger partial charge on any atom is -0.490 e. The summed E-state index contributed by atoms with van der Waals surface area (Å²) >= 11 is 0. The van der Waals surface area contributed by atoms with Gasteiger partial charge in [0.1, 0.15) is 0 Å². The van der Waals surface area contributed by atoms with E-state index in [0.717, 1.165) is 23.6 Å².